The predicted octanol–water partition coefficient (Wildman–Crippen LogP) is 6.22. The van der Waals surface area contributed by atoms with Gasteiger partial charge >= 0.3 is 0 Å². The van der Waals surface area contributed by atoms with Crippen LogP contribution in [0.2, 0.25) is 0 Å². The SMILES string of the molecule is Cc1cccc(NC(=S)N=Nc2c(O)n(CN3CCN(c4ccccc4)CC3)c3ccccc23)c1C. The van der Waals surface area contributed by atoms with Gasteiger partial charge in [0.2, 0.25) is 11.0 Å². The Morgan fingerprint density at radius 2 is 1.64 bits per heavy atom. The first-order valence-electron chi connectivity index (χ1n) is 12.1. The van der Waals surface area contributed by atoms with Crippen LogP contribution < -0.4 is 10.2 Å². The molecule has 0 aliphatic carbocycles. The molecule has 1 aliphatic rings. The smallest absolute Gasteiger partial charge is 0.221 e. The molecule has 0 amide bonds. The molecule has 8 heteroatoms. The van der Waals surface area contributed by atoms with Gasteiger partial charge in [0.05, 0.1) is 12.2 Å². The van der Waals surface area contributed by atoms with Crippen molar-refractivity contribution >= 4 is 45.3 Å². The van der Waals surface area contributed by atoms with Crippen LogP contribution in [-0.4, -0.2) is 45.9 Å². The van der Waals surface area contributed by atoms with Crippen molar-refractivity contribution in [1.29, 1.82) is 0 Å². The number of thiocarbonyl (C=S) groups is 1. The minimum absolute atomic E-state index is 0.0972. The Labute approximate surface area is 216 Å². The highest BCUT2D eigenvalue weighted by Crippen LogP contribution is 2.39. The average Bonchev–Trinajstić information content (AvgIpc) is 3.17. The average molecular weight is 499 g/mol. The maximum Gasteiger partial charge on any atom is 0.221 e. The van der Waals surface area contributed by atoms with Gasteiger partial charge in [-0.2, -0.15) is 0 Å². The van der Waals surface area contributed by atoms with Crippen molar-refractivity contribution in [1.82, 2.24) is 9.47 Å². The first-order chi connectivity index (χ1) is 17.5. The van der Waals surface area contributed by atoms with Gasteiger partial charge < -0.3 is 15.3 Å². The molecule has 2 N–H and O–H groups in total. The van der Waals surface area contributed by atoms with Crippen molar-refractivity contribution in [3.8, 4) is 5.88 Å². The first kappa shape index (κ1) is 24.0. The molecule has 0 unspecified atom stereocenters. The number of fused-ring (bicyclic) bond motifs is 1. The van der Waals surface area contributed by atoms with Gasteiger partial charge in [-0.15, -0.1) is 10.2 Å². The normalized spacial score (nSPS) is 14.6. The van der Waals surface area contributed by atoms with E-state index in [4.69, 9.17) is 12.2 Å². The molecular weight excluding hydrogens is 468 g/mol. The van der Waals surface area contributed by atoms with Gasteiger partial charge in [-0.05, 0) is 61.5 Å². The minimum Gasteiger partial charge on any atom is -0.493 e. The van der Waals surface area contributed by atoms with Crippen molar-refractivity contribution < 1.29 is 5.11 Å². The number of hydrogen-bond acceptors (Lipinski definition) is 5. The molecule has 0 spiro atoms. The summed E-state index contributed by atoms with van der Waals surface area (Å²) in [4.78, 5) is 4.74. The van der Waals surface area contributed by atoms with Crippen molar-refractivity contribution in [3.63, 3.8) is 0 Å². The number of para-hydroxylation sites is 2. The molecule has 184 valence electrons. The highest BCUT2D eigenvalue weighted by Gasteiger charge is 2.22. The van der Waals surface area contributed by atoms with E-state index in [2.05, 4.69) is 62.6 Å². The highest BCUT2D eigenvalue weighted by atomic mass is 32.1. The second-order valence-corrected chi connectivity index (χ2v) is 9.46. The van der Waals surface area contributed by atoms with Crippen LogP contribution in [0.5, 0.6) is 5.88 Å². The number of benzene rings is 3. The van der Waals surface area contributed by atoms with Gasteiger partial charge in [-0.25, -0.2) is 0 Å². The van der Waals surface area contributed by atoms with Crippen molar-refractivity contribution in [2.45, 2.75) is 20.5 Å². The lowest BCUT2D eigenvalue weighted by molar-refractivity contribution is 0.200. The summed E-state index contributed by atoms with van der Waals surface area (Å²) in [5, 5.41) is 24.0. The lowest BCUT2D eigenvalue weighted by Gasteiger charge is -2.36. The number of rotatable bonds is 5. The number of aryl methyl sites for hydroxylation is 1. The third kappa shape index (κ3) is 4.96. The molecule has 1 fully saturated rings. The summed E-state index contributed by atoms with van der Waals surface area (Å²) in [6, 6.07) is 24.4. The molecule has 2 heterocycles. The van der Waals surface area contributed by atoms with Gasteiger partial charge in [-0.1, -0.05) is 48.5 Å². The summed E-state index contributed by atoms with van der Waals surface area (Å²) in [5.41, 5.74) is 5.79. The Morgan fingerprint density at radius 3 is 2.42 bits per heavy atom. The van der Waals surface area contributed by atoms with Crippen LogP contribution in [0.1, 0.15) is 11.1 Å². The maximum atomic E-state index is 11.2. The molecule has 0 saturated carbocycles. The highest BCUT2D eigenvalue weighted by molar-refractivity contribution is 7.80. The second-order valence-electron chi connectivity index (χ2n) is 9.08. The van der Waals surface area contributed by atoms with Crippen LogP contribution in [0.15, 0.2) is 83.0 Å². The number of aromatic hydroxyl groups is 1. The fraction of sp³-hybridized carbons (Fsp3) is 0.250. The third-order valence-corrected chi connectivity index (χ3v) is 7.02. The van der Waals surface area contributed by atoms with E-state index in [1.54, 1.807) is 0 Å². The summed E-state index contributed by atoms with van der Waals surface area (Å²) in [5.74, 6) is 0.0972. The van der Waals surface area contributed by atoms with Crippen LogP contribution >= 0.6 is 12.2 Å². The van der Waals surface area contributed by atoms with E-state index in [1.807, 2.05) is 54.0 Å². The molecule has 4 aromatic rings. The van der Waals surface area contributed by atoms with E-state index in [-0.39, 0.29) is 11.0 Å². The number of azo groups is 1. The number of nitrogens with one attached hydrogen (secondary N) is 1. The summed E-state index contributed by atoms with van der Waals surface area (Å²) in [6.07, 6.45) is 0. The summed E-state index contributed by atoms with van der Waals surface area (Å²) in [7, 11) is 0. The number of piperazine rings is 1. The summed E-state index contributed by atoms with van der Waals surface area (Å²) < 4.78 is 1.91. The molecular formula is C28H30N6OS. The molecule has 1 aliphatic heterocycles. The van der Waals surface area contributed by atoms with Gasteiger partial charge in [0.15, 0.2) is 5.69 Å². The lowest BCUT2D eigenvalue weighted by Crippen LogP contribution is -2.46. The monoisotopic (exact) mass is 498 g/mol. The molecule has 0 bridgehead atoms. The molecule has 36 heavy (non-hydrogen) atoms. The minimum atomic E-state index is 0.0972. The third-order valence-electron chi connectivity index (χ3n) is 6.84. The van der Waals surface area contributed by atoms with Crippen molar-refractivity contribution in [2.75, 3.05) is 36.4 Å². The molecule has 0 radical (unpaired) electrons. The Hall–Kier alpha value is -3.75. The van der Waals surface area contributed by atoms with Gasteiger partial charge in [0, 0.05) is 42.9 Å². The van der Waals surface area contributed by atoms with E-state index < -0.39 is 0 Å². The second kappa shape index (κ2) is 10.5. The Bertz CT molecular complexity index is 1410. The zero-order valence-electron chi connectivity index (χ0n) is 20.6. The number of hydrogen-bond donors (Lipinski definition) is 2. The molecule has 7 nitrogen and oxygen atoms in total. The van der Waals surface area contributed by atoms with Gasteiger partial charge in [0.1, 0.15) is 0 Å². The fourth-order valence-electron chi connectivity index (χ4n) is 4.62. The molecule has 1 saturated heterocycles. The van der Waals surface area contributed by atoms with E-state index in [0.29, 0.717) is 12.4 Å². The van der Waals surface area contributed by atoms with Crippen molar-refractivity contribution in [3.05, 3.63) is 83.9 Å². The predicted molar refractivity (Wildman–Crippen MR) is 150 cm³/mol. The quantitative estimate of drug-likeness (QED) is 0.252. The van der Waals surface area contributed by atoms with Crippen LogP contribution in [0.3, 0.4) is 0 Å². The zero-order valence-corrected chi connectivity index (χ0v) is 21.4. The number of nitrogens with zero attached hydrogens (tertiary/aromatic N) is 5. The topological polar surface area (TPSA) is 68.4 Å². The van der Waals surface area contributed by atoms with Gasteiger partial charge in [-0.3, -0.25) is 9.47 Å². The van der Waals surface area contributed by atoms with Crippen LogP contribution in [0.4, 0.5) is 17.1 Å². The molecule has 3 aromatic carbocycles. The number of anilines is 2. The van der Waals surface area contributed by atoms with Crippen molar-refractivity contribution in [2.24, 2.45) is 10.2 Å². The molecule has 1 aromatic heterocycles. The number of aromatic nitrogens is 1. The maximum absolute atomic E-state index is 11.2. The Balaban J connectivity index is 1.32. The lowest BCUT2D eigenvalue weighted by atomic mass is 10.1. The van der Waals surface area contributed by atoms with E-state index in [1.165, 1.54) is 11.3 Å². The van der Waals surface area contributed by atoms with Crippen LogP contribution in [-0.2, 0) is 6.67 Å². The summed E-state index contributed by atoms with van der Waals surface area (Å²) >= 11 is 5.42. The summed E-state index contributed by atoms with van der Waals surface area (Å²) in [6.45, 7) is 8.36. The van der Waals surface area contributed by atoms with Gasteiger partial charge in [0.25, 0.3) is 0 Å². The van der Waals surface area contributed by atoms with E-state index >= 15 is 0 Å². The first-order valence-corrected chi connectivity index (χ1v) is 12.5. The van der Waals surface area contributed by atoms with Crippen LogP contribution in [0.25, 0.3) is 10.9 Å². The molecule has 5 rings (SSSR count). The largest absolute Gasteiger partial charge is 0.493 e. The fourth-order valence-corrected chi connectivity index (χ4v) is 4.77. The zero-order chi connectivity index (χ0) is 25.1. The Kier molecular flexibility index (Phi) is 6.97. The van der Waals surface area contributed by atoms with E-state index in [9.17, 15) is 5.11 Å². The van der Waals surface area contributed by atoms with E-state index in [0.717, 1.165) is 48.3 Å². The Morgan fingerprint density at radius 1 is 0.917 bits per heavy atom. The standard InChI is InChI=1S/C28H30N6OS/c1-20-9-8-13-24(21(20)2)29-28(36)31-30-26-23-12-6-7-14-25(23)34(27(26)35)19-32-15-17-33(18-16-32)22-10-4-3-5-11-22/h3-14,35H,15-19H2,1-2H3,(H,29,36). The van der Waals surface area contributed by atoms with Crippen LogP contribution in [0, 0.1) is 13.8 Å². The molecule has 0 atom stereocenters.